The zero-order valence-electron chi connectivity index (χ0n) is 11.2. The Balaban J connectivity index is 2.26. The topological polar surface area (TPSA) is 21.3 Å². The second-order valence-electron chi connectivity index (χ2n) is 4.35. The van der Waals surface area contributed by atoms with Crippen LogP contribution in [0.5, 0.6) is 11.5 Å². The summed E-state index contributed by atoms with van der Waals surface area (Å²) in [6.07, 6.45) is 0.897. The number of rotatable bonds is 5. The predicted molar refractivity (Wildman–Crippen MR) is 80.1 cm³/mol. The number of aryl methyl sites for hydroxylation is 1. The number of benzene rings is 2. The fourth-order valence-corrected chi connectivity index (χ4v) is 2.20. The minimum absolute atomic E-state index is 0.782. The molecule has 0 heterocycles. The molecule has 2 aromatic rings. The van der Waals surface area contributed by atoms with E-state index in [9.17, 15) is 0 Å². The van der Waals surface area contributed by atoms with Crippen LogP contribution < -0.4 is 10.1 Å². The standard InChI is InChI=1S/C16H18ClNO/c1-3-12-10-14(8-9-15(12)17)19-16-7-5-4-6-13(16)11-18-2/h4-10,18H,3,11H2,1-2H3. The summed E-state index contributed by atoms with van der Waals surface area (Å²) in [6.45, 7) is 2.87. The second-order valence-corrected chi connectivity index (χ2v) is 4.75. The molecule has 0 bridgehead atoms. The zero-order chi connectivity index (χ0) is 13.7. The zero-order valence-corrected chi connectivity index (χ0v) is 12.0. The Morgan fingerprint density at radius 1 is 1.11 bits per heavy atom. The van der Waals surface area contributed by atoms with Crippen molar-refractivity contribution in [2.45, 2.75) is 19.9 Å². The molecular formula is C16H18ClNO. The summed E-state index contributed by atoms with van der Waals surface area (Å²) in [5, 5.41) is 3.93. The van der Waals surface area contributed by atoms with Gasteiger partial charge in [-0.05, 0) is 43.3 Å². The average molecular weight is 276 g/mol. The summed E-state index contributed by atoms with van der Waals surface area (Å²) in [5.41, 5.74) is 2.24. The first kappa shape index (κ1) is 13.9. The fraction of sp³-hybridized carbons (Fsp3) is 0.250. The minimum Gasteiger partial charge on any atom is -0.457 e. The van der Waals surface area contributed by atoms with Gasteiger partial charge in [-0.2, -0.15) is 0 Å². The van der Waals surface area contributed by atoms with E-state index in [2.05, 4.69) is 18.3 Å². The molecular weight excluding hydrogens is 258 g/mol. The highest BCUT2D eigenvalue weighted by molar-refractivity contribution is 6.31. The van der Waals surface area contributed by atoms with E-state index in [1.54, 1.807) is 0 Å². The molecule has 0 saturated heterocycles. The van der Waals surface area contributed by atoms with Crippen LogP contribution in [0, 0.1) is 0 Å². The maximum absolute atomic E-state index is 6.11. The first-order chi connectivity index (χ1) is 9.24. The molecule has 2 aromatic carbocycles. The molecule has 0 aliphatic carbocycles. The van der Waals surface area contributed by atoms with E-state index >= 15 is 0 Å². The van der Waals surface area contributed by atoms with Gasteiger partial charge in [0.1, 0.15) is 11.5 Å². The van der Waals surface area contributed by atoms with E-state index in [4.69, 9.17) is 16.3 Å². The smallest absolute Gasteiger partial charge is 0.131 e. The van der Waals surface area contributed by atoms with Crippen LogP contribution in [0.4, 0.5) is 0 Å². The molecule has 3 heteroatoms. The van der Waals surface area contributed by atoms with Crippen LogP contribution in [-0.4, -0.2) is 7.05 Å². The van der Waals surface area contributed by atoms with Crippen LogP contribution in [0.25, 0.3) is 0 Å². The lowest BCUT2D eigenvalue weighted by atomic mass is 10.1. The molecule has 0 spiro atoms. The SMILES string of the molecule is CCc1cc(Oc2ccccc2CNC)ccc1Cl. The quantitative estimate of drug-likeness (QED) is 0.872. The van der Waals surface area contributed by atoms with E-state index in [1.165, 1.54) is 0 Å². The molecule has 2 nitrogen and oxygen atoms in total. The predicted octanol–water partition coefficient (Wildman–Crippen LogP) is 4.41. The number of para-hydroxylation sites is 1. The summed E-state index contributed by atoms with van der Waals surface area (Å²) >= 11 is 6.11. The van der Waals surface area contributed by atoms with Crippen molar-refractivity contribution in [3.8, 4) is 11.5 Å². The van der Waals surface area contributed by atoms with Crippen LogP contribution in [0.2, 0.25) is 5.02 Å². The normalized spacial score (nSPS) is 10.5. The van der Waals surface area contributed by atoms with Crippen molar-refractivity contribution >= 4 is 11.6 Å². The van der Waals surface area contributed by atoms with Crippen LogP contribution in [0.15, 0.2) is 42.5 Å². The third kappa shape index (κ3) is 3.49. The highest BCUT2D eigenvalue weighted by atomic mass is 35.5. The van der Waals surface area contributed by atoms with Crippen LogP contribution in [-0.2, 0) is 13.0 Å². The molecule has 0 saturated carbocycles. The molecule has 19 heavy (non-hydrogen) atoms. The summed E-state index contributed by atoms with van der Waals surface area (Å²) in [6, 6.07) is 13.8. The third-order valence-electron chi connectivity index (χ3n) is 2.97. The largest absolute Gasteiger partial charge is 0.457 e. The van der Waals surface area contributed by atoms with Gasteiger partial charge in [0.15, 0.2) is 0 Å². The van der Waals surface area contributed by atoms with E-state index in [0.29, 0.717) is 0 Å². The lowest BCUT2D eigenvalue weighted by molar-refractivity contribution is 0.473. The molecule has 0 aliphatic rings. The van der Waals surface area contributed by atoms with Gasteiger partial charge in [0, 0.05) is 17.1 Å². The first-order valence-corrected chi connectivity index (χ1v) is 6.81. The van der Waals surface area contributed by atoms with Gasteiger partial charge in [0.2, 0.25) is 0 Å². The monoisotopic (exact) mass is 275 g/mol. The summed E-state index contributed by atoms with van der Waals surface area (Å²) in [5.74, 6) is 1.70. The van der Waals surface area contributed by atoms with Gasteiger partial charge in [-0.25, -0.2) is 0 Å². The van der Waals surface area contributed by atoms with Crippen LogP contribution in [0.1, 0.15) is 18.1 Å². The highest BCUT2D eigenvalue weighted by Gasteiger charge is 2.05. The number of ether oxygens (including phenoxy) is 1. The molecule has 0 atom stereocenters. The van der Waals surface area contributed by atoms with Gasteiger partial charge in [-0.3, -0.25) is 0 Å². The summed E-state index contributed by atoms with van der Waals surface area (Å²) in [4.78, 5) is 0. The number of halogens is 1. The maximum Gasteiger partial charge on any atom is 0.131 e. The summed E-state index contributed by atoms with van der Waals surface area (Å²) < 4.78 is 5.96. The summed E-state index contributed by atoms with van der Waals surface area (Å²) in [7, 11) is 1.92. The molecule has 2 rings (SSSR count). The second kappa shape index (κ2) is 6.60. The van der Waals surface area contributed by atoms with E-state index in [0.717, 1.165) is 40.6 Å². The third-order valence-corrected chi connectivity index (χ3v) is 3.33. The van der Waals surface area contributed by atoms with Gasteiger partial charge in [-0.15, -0.1) is 0 Å². The van der Waals surface area contributed by atoms with Gasteiger partial charge < -0.3 is 10.1 Å². The van der Waals surface area contributed by atoms with Gasteiger partial charge in [0.25, 0.3) is 0 Å². The van der Waals surface area contributed by atoms with Crippen molar-refractivity contribution in [3.05, 3.63) is 58.6 Å². The van der Waals surface area contributed by atoms with Crippen LogP contribution in [0.3, 0.4) is 0 Å². The fourth-order valence-electron chi connectivity index (χ4n) is 1.95. The molecule has 1 N–H and O–H groups in total. The molecule has 0 amide bonds. The van der Waals surface area contributed by atoms with E-state index < -0.39 is 0 Å². The van der Waals surface area contributed by atoms with Gasteiger partial charge in [0.05, 0.1) is 0 Å². The number of hydrogen-bond donors (Lipinski definition) is 1. The Labute approximate surface area is 119 Å². The lowest BCUT2D eigenvalue weighted by Gasteiger charge is -2.12. The Morgan fingerprint density at radius 2 is 1.89 bits per heavy atom. The highest BCUT2D eigenvalue weighted by Crippen LogP contribution is 2.28. The van der Waals surface area contributed by atoms with Crippen molar-refractivity contribution in [2.75, 3.05) is 7.05 Å². The molecule has 0 aliphatic heterocycles. The Bertz CT molecular complexity index is 554. The lowest BCUT2D eigenvalue weighted by Crippen LogP contribution is -2.06. The molecule has 0 aromatic heterocycles. The minimum atomic E-state index is 0.782. The van der Waals surface area contributed by atoms with Crippen molar-refractivity contribution in [2.24, 2.45) is 0 Å². The van der Waals surface area contributed by atoms with Crippen LogP contribution >= 0.6 is 11.6 Å². The first-order valence-electron chi connectivity index (χ1n) is 6.43. The number of hydrogen-bond acceptors (Lipinski definition) is 2. The number of nitrogens with one attached hydrogen (secondary N) is 1. The van der Waals surface area contributed by atoms with E-state index in [1.807, 2.05) is 43.4 Å². The van der Waals surface area contributed by atoms with Gasteiger partial charge >= 0.3 is 0 Å². The maximum atomic E-state index is 6.11. The van der Waals surface area contributed by atoms with Crippen molar-refractivity contribution in [1.29, 1.82) is 0 Å². The van der Waals surface area contributed by atoms with E-state index in [-0.39, 0.29) is 0 Å². The molecule has 0 unspecified atom stereocenters. The Hall–Kier alpha value is -1.51. The molecule has 100 valence electrons. The van der Waals surface area contributed by atoms with Crippen molar-refractivity contribution in [1.82, 2.24) is 5.32 Å². The average Bonchev–Trinajstić information content (AvgIpc) is 2.43. The van der Waals surface area contributed by atoms with Crippen molar-refractivity contribution in [3.63, 3.8) is 0 Å². The Morgan fingerprint density at radius 3 is 2.63 bits per heavy atom. The van der Waals surface area contributed by atoms with Crippen molar-refractivity contribution < 1.29 is 4.74 Å². The molecule has 0 fully saturated rings. The van der Waals surface area contributed by atoms with Gasteiger partial charge in [-0.1, -0.05) is 36.7 Å². The molecule has 0 radical (unpaired) electrons. The Kier molecular flexibility index (Phi) is 4.83.